The zero-order valence-corrected chi connectivity index (χ0v) is 7.58. The summed E-state index contributed by atoms with van der Waals surface area (Å²) in [5, 5.41) is 2.44. The number of hydrogen-bond acceptors (Lipinski definition) is 2. The maximum Gasteiger partial charge on any atom is 0.0600 e. The third-order valence-corrected chi connectivity index (χ3v) is 1.70. The molecule has 0 heterocycles. The summed E-state index contributed by atoms with van der Waals surface area (Å²) < 4.78 is 0. The van der Waals surface area contributed by atoms with E-state index in [2.05, 4.69) is 36.2 Å². The van der Waals surface area contributed by atoms with Crippen LogP contribution in [0.4, 0.5) is 0 Å². The average Bonchev–Trinajstić information content (AvgIpc) is 1.98. The van der Waals surface area contributed by atoms with Gasteiger partial charge in [-0.2, -0.15) is 0 Å². The molecule has 0 aromatic rings. The van der Waals surface area contributed by atoms with Crippen molar-refractivity contribution >= 4 is 17.4 Å². The number of isothiocyanates is 1. The van der Waals surface area contributed by atoms with Crippen LogP contribution in [0.1, 0.15) is 39.5 Å². The second-order valence-electron chi connectivity index (χ2n) is 2.42. The van der Waals surface area contributed by atoms with Gasteiger partial charge in [-0.15, -0.1) is 0 Å². The van der Waals surface area contributed by atoms with Gasteiger partial charge in [-0.05, 0) is 25.1 Å². The Morgan fingerprint density at radius 1 is 1.50 bits per heavy atom. The van der Waals surface area contributed by atoms with Crippen molar-refractivity contribution in [1.82, 2.24) is 0 Å². The average molecular weight is 157 g/mol. The lowest BCUT2D eigenvalue weighted by atomic mass is 10.1. The van der Waals surface area contributed by atoms with Crippen molar-refractivity contribution in [3.63, 3.8) is 0 Å². The van der Waals surface area contributed by atoms with Crippen LogP contribution in [-0.2, 0) is 0 Å². The Morgan fingerprint density at radius 2 is 2.20 bits per heavy atom. The number of aliphatic imine (C=N–C) groups is 1. The monoisotopic (exact) mass is 157 g/mol. The summed E-state index contributed by atoms with van der Waals surface area (Å²) in [6.07, 6.45) is 4.74. The topological polar surface area (TPSA) is 12.4 Å². The molecule has 0 saturated carbocycles. The highest BCUT2D eigenvalue weighted by molar-refractivity contribution is 7.78. The molecule has 0 aliphatic carbocycles. The Balaban J connectivity index is 3.49. The summed E-state index contributed by atoms with van der Waals surface area (Å²) in [4.78, 5) is 4.04. The normalized spacial score (nSPS) is 12.2. The van der Waals surface area contributed by atoms with Gasteiger partial charge in [0.2, 0.25) is 0 Å². The maximum atomic E-state index is 4.53. The molecule has 0 rings (SSSR count). The standard InChI is InChI=1S/C8H15NS/c1-3-5-6-8(4-2)9-7-10/h8H,3-6H2,1-2H3. The lowest BCUT2D eigenvalue weighted by molar-refractivity contribution is 0.567. The minimum Gasteiger partial charge on any atom is -0.229 e. The molecule has 0 aromatic carbocycles. The van der Waals surface area contributed by atoms with E-state index in [0.717, 1.165) is 12.8 Å². The second-order valence-corrected chi connectivity index (χ2v) is 2.61. The predicted molar refractivity (Wildman–Crippen MR) is 48.6 cm³/mol. The fraction of sp³-hybridized carbons (Fsp3) is 0.875. The summed E-state index contributed by atoms with van der Waals surface area (Å²) in [7, 11) is 0. The molecule has 0 N–H and O–H groups in total. The first-order chi connectivity index (χ1) is 4.85. The van der Waals surface area contributed by atoms with Crippen molar-refractivity contribution in [2.24, 2.45) is 4.99 Å². The quantitative estimate of drug-likeness (QED) is 0.441. The van der Waals surface area contributed by atoms with E-state index in [1.165, 1.54) is 12.8 Å². The highest BCUT2D eigenvalue weighted by atomic mass is 32.1. The first kappa shape index (κ1) is 9.80. The van der Waals surface area contributed by atoms with Gasteiger partial charge in [0, 0.05) is 0 Å². The second kappa shape index (κ2) is 6.91. The number of thiocarbonyl (C=S) groups is 1. The zero-order valence-electron chi connectivity index (χ0n) is 6.76. The Morgan fingerprint density at radius 3 is 2.60 bits per heavy atom. The molecule has 0 amide bonds. The molecule has 0 aromatic heterocycles. The van der Waals surface area contributed by atoms with Gasteiger partial charge in [0.25, 0.3) is 0 Å². The van der Waals surface area contributed by atoms with E-state index < -0.39 is 0 Å². The number of unbranched alkanes of at least 4 members (excludes halogenated alkanes) is 1. The highest BCUT2D eigenvalue weighted by Gasteiger charge is 2.00. The van der Waals surface area contributed by atoms with Crippen molar-refractivity contribution in [2.75, 3.05) is 0 Å². The Labute approximate surface area is 68.5 Å². The van der Waals surface area contributed by atoms with Crippen LogP contribution in [0, 0.1) is 0 Å². The van der Waals surface area contributed by atoms with Crippen molar-refractivity contribution in [1.29, 1.82) is 0 Å². The van der Waals surface area contributed by atoms with Crippen molar-refractivity contribution in [3.8, 4) is 0 Å². The lowest BCUT2D eigenvalue weighted by Gasteiger charge is -2.04. The predicted octanol–water partition coefficient (Wildman–Crippen LogP) is 3.06. The van der Waals surface area contributed by atoms with Gasteiger partial charge >= 0.3 is 0 Å². The third-order valence-electron chi connectivity index (χ3n) is 1.60. The van der Waals surface area contributed by atoms with Crippen LogP contribution in [0.25, 0.3) is 0 Å². The van der Waals surface area contributed by atoms with Gasteiger partial charge in [0.1, 0.15) is 0 Å². The molecule has 0 aliphatic heterocycles. The molecule has 1 atom stereocenters. The van der Waals surface area contributed by atoms with Crippen LogP contribution in [0.15, 0.2) is 4.99 Å². The Hall–Kier alpha value is -0.200. The van der Waals surface area contributed by atoms with Crippen LogP contribution < -0.4 is 0 Å². The van der Waals surface area contributed by atoms with E-state index in [4.69, 9.17) is 0 Å². The van der Waals surface area contributed by atoms with E-state index in [1.54, 1.807) is 0 Å². The van der Waals surface area contributed by atoms with Crippen molar-refractivity contribution in [2.45, 2.75) is 45.6 Å². The van der Waals surface area contributed by atoms with Gasteiger partial charge in [0.15, 0.2) is 0 Å². The molecule has 58 valence electrons. The van der Waals surface area contributed by atoms with Crippen molar-refractivity contribution < 1.29 is 0 Å². The van der Waals surface area contributed by atoms with Crippen LogP contribution in [-0.4, -0.2) is 11.2 Å². The molecule has 0 spiro atoms. The third kappa shape index (κ3) is 4.66. The molecular weight excluding hydrogens is 142 g/mol. The first-order valence-electron chi connectivity index (χ1n) is 3.92. The van der Waals surface area contributed by atoms with E-state index >= 15 is 0 Å². The summed E-state index contributed by atoms with van der Waals surface area (Å²) in [5.41, 5.74) is 0. The van der Waals surface area contributed by atoms with Gasteiger partial charge in [-0.25, -0.2) is 4.99 Å². The summed E-state index contributed by atoms with van der Waals surface area (Å²) in [5.74, 6) is 0. The van der Waals surface area contributed by atoms with E-state index in [1.807, 2.05) is 0 Å². The fourth-order valence-corrected chi connectivity index (χ4v) is 1.02. The zero-order chi connectivity index (χ0) is 7.82. The van der Waals surface area contributed by atoms with Crippen LogP contribution in [0.3, 0.4) is 0 Å². The Kier molecular flexibility index (Phi) is 6.78. The van der Waals surface area contributed by atoms with Gasteiger partial charge < -0.3 is 0 Å². The number of rotatable bonds is 5. The first-order valence-corrected chi connectivity index (χ1v) is 4.32. The minimum atomic E-state index is 0.428. The Bertz CT molecular complexity index is 116. The molecular formula is C8H15NS. The smallest absolute Gasteiger partial charge is 0.0600 e. The lowest BCUT2D eigenvalue weighted by Crippen LogP contribution is -2.00. The van der Waals surface area contributed by atoms with E-state index in [0.29, 0.717) is 6.04 Å². The van der Waals surface area contributed by atoms with Crippen LogP contribution in [0.5, 0.6) is 0 Å². The molecule has 10 heavy (non-hydrogen) atoms. The van der Waals surface area contributed by atoms with E-state index in [-0.39, 0.29) is 0 Å². The molecule has 2 heteroatoms. The molecule has 0 radical (unpaired) electrons. The fourth-order valence-electron chi connectivity index (χ4n) is 0.874. The van der Waals surface area contributed by atoms with E-state index in [9.17, 15) is 0 Å². The van der Waals surface area contributed by atoms with Crippen LogP contribution in [0.2, 0.25) is 0 Å². The molecule has 1 unspecified atom stereocenters. The summed E-state index contributed by atoms with van der Waals surface area (Å²) >= 11 is 4.53. The molecule has 1 nitrogen and oxygen atoms in total. The molecule has 0 bridgehead atoms. The van der Waals surface area contributed by atoms with Gasteiger partial charge in [-0.1, -0.05) is 26.7 Å². The van der Waals surface area contributed by atoms with Crippen molar-refractivity contribution in [3.05, 3.63) is 0 Å². The molecule has 0 aliphatic rings. The summed E-state index contributed by atoms with van der Waals surface area (Å²) in [6, 6.07) is 0.428. The maximum absolute atomic E-state index is 4.53. The highest BCUT2D eigenvalue weighted by Crippen LogP contribution is 2.06. The number of hydrogen-bond donors (Lipinski definition) is 0. The van der Waals surface area contributed by atoms with Gasteiger partial charge in [-0.3, -0.25) is 0 Å². The SMILES string of the molecule is CCCCC(CC)N=C=S. The largest absolute Gasteiger partial charge is 0.229 e. The minimum absolute atomic E-state index is 0.428. The van der Waals surface area contributed by atoms with Gasteiger partial charge in [0.05, 0.1) is 11.2 Å². The molecule has 0 saturated heterocycles. The van der Waals surface area contributed by atoms with Crippen LogP contribution >= 0.6 is 12.2 Å². The summed E-state index contributed by atoms with van der Waals surface area (Å²) in [6.45, 7) is 4.32. The number of nitrogens with zero attached hydrogens (tertiary/aromatic N) is 1. The molecule has 0 fully saturated rings.